The summed E-state index contributed by atoms with van der Waals surface area (Å²) in [6.07, 6.45) is 2.70. The first-order chi connectivity index (χ1) is 8.63. The molecule has 1 N–H and O–H groups in total. The van der Waals surface area contributed by atoms with Crippen LogP contribution in [-0.4, -0.2) is 31.9 Å². The van der Waals surface area contributed by atoms with Crippen molar-refractivity contribution in [2.45, 2.75) is 40.2 Å². The molecule has 19 heavy (non-hydrogen) atoms. The van der Waals surface area contributed by atoms with Crippen LogP contribution >= 0.6 is 0 Å². The van der Waals surface area contributed by atoms with E-state index in [0.29, 0.717) is 6.42 Å². The Labute approximate surface area is 115 Å². The molecular weight excluding hydrogens is 262 g/mol. The Kier molecular flexibility index (Phi) is 3.54. The van der Waals surface area contributed by atoms with Gasteiger partial charge in [0, 0.05) is 6.04 Å². The molecule has 108 valence electrons. The molecule has 0 aromatic rings. The van der Waals surface area contributed by atoms with Gasteiger partial charge in [-0.25, -0.2) is 8.42 Å². The molecule has 1 aliphatic heterocycles. The Morgan fingerprint density at radius 3 is 2.42 bits per heavy atom. The van der Waals surface area contributed by atoms with Crippen LogP contribution in [0.1, 0.15) is 34.1 Å². The van der Waals surface area contributed by atoms with Crippen molar-refractivity contribution in [2.24, 2.45) is 17.3 Å². The highest BCUT2D eigenvalue weighted by Gasteiger charge is 2.60. The smallest absolute Gasteiger partial charge is 0.224 e. The summed E-state index contributed by atoms with van der Waals surface area (Å²) in [7, 11) is -2.93. The Balaban J connectivity index is 1.97. The van der Waals surface area contributed by atoms with Crippen molar-refractivity contribution < 1.29 is 13.2 Å². The van der Waals surface area contributed by atoms with Gasteiger partial charge in [-0.1, -0.05) is 25.5 Å². The van der Waals surface area contributed by atoms with Crippen LogP contribution in [0.25, 0.3) is 0 Å². The van der Waals surface area contributed by atoms with Crippen LogP contribution in [0.4, 0.5) is 0 Å². The van der Waals surface area contributed by atoms with Gasteiger partial charge >= 0.3 is 0 Å². The normalized spacial score (nSPS) is 34.6. The quantitative estimate of drug-likeness (QED) is 0.800. The summed E-state index contributed by atoms with van der Waals surface area (Å²) < 4.78 is 22.8. The third-order valence-electron chi connectivity index (χ3n) is 4.28. The zero-order chi connectivity index (χ0) is 14.4. The van der Waals surface area contributed by atoms with Gasteiger partial charge in [0.25, 0.3) is 0 Å². The Morgan fingerprint density at radius 1 is 1.32 bits per heavy atom. The van der Waals surface area contributed by atoms with Gasteiger partial charge < -0.3 is 5.32 Å². The molecule has 0 radical (unpaired) electrons. The molecule has 0 spiro atoms. The molecule has 0 bridgehead atoms. The van der Waals surface area contributed by atoms with Gasteiger partial charge in [0.1, 0.15) is 0 Å². The summed E-state index contributed by atoms with van der Waals surface area (Å²) in [4.78, 5) is 12.2. The second kappa shape index (κ2) is 4.62. The van der Waals surface area contributed by atoms with Crippen molar-refractivity contribution in [1.29, 1.82) is 0 Å². The highest BCUT2D eigenvalue weighted by molar-refractivity contribution is 7.91. The maximum absolute atomic E-state index is 12.2. The summed E-state index contributed by atoms with van der Waals surface area (Å²) in [5.41, 5.74) is 1.20. The SMILES string of the molecule is CC(C)=CC1C(C(=O)NC2CCS(=O)(=O)C2)C1(C)C. The summed E-state index contributed by atoms with van der Waals surface area (Å²) in [6.45, 7) is 8.25. The van der Waals surface area contributed by atoms with E-state index in [1.54, 1.807) is 0 Å². The van der Waals surface area contributed by atoms with E-state index < -0.39 is 9.84 Å². The lowest BCUT2D eigenvalue weighted by atomic mass is 10.1. The van der Waals surface area contributed by atoms with Crippen molar-refractivity contribution in [1.82, 2.24) is 5.32 Å². The number of rotatable bonds is 3. The average molecular weight is 285 g/mol. The van der Waals surface area contributed by atoms with E-state index in [0.717, 1.165) is 0 Å². The maximum Gasteiger partial charge on any atom is 0.224 e. The van der Waals surface area contributed by atoms with E-state index in [1.807, 2.05) is 13.8 Å². The topological polar surface area (TPSA) is 63.2 Å². The Morgan fingerprint density at radius 2 is 1.95 bits per heavy atom. The van der Waals surface area contributed by atoms with Crippen molar-refractivity contribution >= 4 is 15.7 Å². The number of carbonyl (C=O) groups is 1. The molecular formula is C14H23NO3S. The number of sulfone groups is 1. The number of allylic oxidation sites excluding steroid dienone is 2. The monoisotopic (exact) mass is 285 g/mol. The van der Waals surface area contributed by atoms with Gasteiger partial charge in [-0.15, -0.1) is 0 Å². The molecule has 1 saturated heterocycles. The van der Waals surface area contributed by atoms with E-state index in [2.05, 4.69) is 25.2 Å². The minimum absolute atomic E-state index is 0.00889. The third-order valence-corrected chi connectivity index (χ3v) is 6.05. The molecule has 0 aromatic heterocycles. The fourth-order valence-electron chi connectivity index (χ4n) is 3.05. The van der Waals surface area contributed by atoms with E-state index in [-0.39, 0.29) is 40.7 Å². The minimum Gasteiger partial charge on any atom is -0.352 e. The van der Waals surface area contributed by atoms with E-state index in [1.165, 1.54) is 5.57 Å². The molecule has 4 nitrogen and oxygen atoms in total. The summed E-state index contributed by atoms with van der Waals surface area (Å²) in [6, 6.07) is -0.193. The van der Waals surface area contributed by atoms with Crippen LogP contribution in [0.2, 0.25) is 0 Å². The fraction of sp³-hybridized carbons (Fsp3) is 0.786. The molecule has 5 heteroatoms. The van der Waals surface area contributed by atoms with Crippen molar-refractivity contribution in [2.75, 3.05) is 11.5 Å². The molecule has 3 unspecified atom stereocenters. The Hall–Kier alpha value is -0.840. The number of amides is 1. The number of nitrogens with one attached hydrogen (secondary N) is 1. The average Bonchev–Trinajstić information content (AvgIpc) is 2.59. The van der Waals surface area contributed by atoms with Crippen LogP contribution in [0, 0.1) is 17.3 Å². The van der Waals surface area contributed by atoms with Gasteiger partial charge in [-0.2, -0.15) is 0 Å². The number of hydrogen-bond donors (Lipinski definition) is 1. The van der Waals surface area contributed by atoms with Crippen LogP contribution in [0.3, 0.4) is 0 Å². The number of carbonyl (C=O) groups excluding carboxylic acids is 1. The van der Waals surface area contributed by atoms with E-state index in [4.69, 9.17) is 0 Å². The van der Waals surface area contributed by atoms with Crippen molar-refractivity contribution in [3.8, 4) is 0 Å². The van der Waals surface area contributed by atoms with Gasteiger partial charge in [-0.3, -0.25) is 4.79 Å². The van der Waals surface area contributed by atoms with Gasteiger partial charge in [0.05, 0.1) is 17.4 Å². The first kappa shape index (κ1) is 14.6. The summed E-state index contributed by atoms with van der Waals surface area (Å²) >= 11 is 0. The standard InChI is InChI=1S/C14H23NO3S/c1-9(2)7-11-12(14(11,3)4)13(16)15-10-5-6-19(17,18)8-10/h7,10-12H,5-6,8H2,1-4H3,(H,15,16). The highest BCUT2D eigenvalue weighted by Crippen LogP contribution is 2.59. The molecule has 2 aliphatic rings. The third kappa shape index (κ3) is 3.02. The van der Waals surface area contributed by atoms with Crippen molar-refractivity contribution in [3.05, 3.63) is 11.6 Å². The lowest BCUT2D eigenvalue weighted by Gasteiger charge is -2.11. The minimum atomic E-state index is -2.93. The molecule has 2 fully saturated rings. The zero-order valence-corrected chi connectivity index (χ0v) is 12.9. The van der Waals surface area contributed by atoms with Gasteiger partial charge in [-0.05, 0) is 31.6 Å². The molecule has 0 aromatic carbocycles. The number of hydrogen-bond acceptors (Lipinski definition) is 3. The van der Waals surface area contributed by atoms with Gasteiger partial charge in [0.15, 0.2) is 9.84 Å². The Bertz CT molecular complexity index is 515. The van der Waals surface area contributed by atoms with E-state index in [9.17, 15) is 13.2 Å². The zero-order valence-electron chi connectivity index (χ0n) is 12.1. The molecule has 2 rings (SSSR count). The van der Waals surface area contributed by atoms with Gasteiger partial charge in [0.2, 0.25) is 5.91 Å². The maximum atomic E-state index is 12.2. The first-order valence-corrected chi connectivity index (χ1v) is 8.61. The molecule has 3 atom stereocenters. The van der Waals surface area contributed by atoms with Crippen LogP contribution in [0.15, 0.2) is 11.6 Å². The summed E-state index contributed by atoms with van der Waals surface area (Å²) in [5.74, 6) is 0.554. The fourth-order valence-corrected chi connectivity index (χ4v) is 4.72. The lowest BCUT2D eigenvalue weighted by Crippen LogP contribution is -2.37. The molecule has 1 heterocycles. The van der Waals surface area contributed by atoms with Crippen LogP contribution < -0.4 is 5.32 Å². The first-order valence-electron chi connectivity index (χ1n) is 6.79. The molecule has 1 amide bonds. The van der Waals surface area contributed by atoms with E-state index >= 15 is 0 Å². The van der Waals surface area contributed by atoms with Crippen LogP contribution in [-0.2, 0) is 14.6 Å². The summed E-state index contributed by atoms with van der Waals surface area (Å²) in [5, 5.41) is 2.91. The second-order valence-electron chi connectivity index (χ2n) is 6.68. The van der Waals surface area contributed by atoms with Crippen LogP contribution in [0.5, 0.6) is 0 Å². The highest BCUT2D eigenvalue weighted by atomic mass is 32.2. The predicted octanol–water partition coefficient (Wildman–Crippen LogP) is 1.53. The predicted molar refractivity (Wildman–Crippen MR) is 75.4 cm³/mol. The largest absolute Gasteiger partial charge is 0.352 e. The lowest BCUT2D eigenvalue weighted by molar-refractivity contribution is -0.123. The van der Waals surface area contributed by atoms with Crippen molar-refractivity contribution in [3.63, 3.8) is 0 Å². The molecule has 1 saturated carbocycles. The molecule has 1 aliphatic carbocycles. The second-order valence-corrected chi connectivity index (χ2v) is 8.91.